The maximum absolute atomic E-state index is 13.5. The second-order valence-corrected chi connectivity index (χ2v) is 12.9. The van der Waals surface area contributed by atoms with Gasteiger partial charge in [0.25, 0.3) is 5.91 Å². The van der Waals surface area contributed by atoms with Crippen LogP contribution in [0.2, 0.25) is 0 Å². The number of rotatable bonds is 8. The summed E-state index contributed by atoms with van der Waals surface area (Å²) < 4.78 is 31.6. The van der Waals surface area contributed by atoms with Crippen molar-refractivity contribution in [3.8, 4) is 17.2 Å². The number of para-hydroxylation sites is 1. The number of ether oxygens (including phenoxy) is 3. The van der Waals surface area contributed by atoms with Gasteiger partial charge >= 0.3 is 11.9 Å². The largest absolute Gasteiger partial charge is 0.461 e. The SMILES string of the molecule is CC1(C)C(C=C(Cl)Cl)C1C(=O)OCc1cccc(Oc2ccccc2)c1.CCOC(=O)c1ncn2c1CN(C)C(=O)c1cc(F)ccc1-2. The second-order valence-electron chi connectivity index (χ2n) is 11.9. The Labute approximate surface area is 287 Å². The van der Waals surface area contributed by atoms with Crippen molar-refractivity contribution < 1.29 is 33.0 Å². The number of allylic oxidation sites excluding steroid dienone is 1. The van der Waals surface area contributed by atoms with E-state index < -0.39 is 11.8 Å². The fourth-order valence-electron chi connectivity index (χ4n) is 5.64. The van der Waals surface area contributed by atoms with Crippen LogP contribution in [0, 0.1) is 23.1 Å². The highest BCUT2D eigenvalue weighted by Crippen LogP contribution is 2.60. The zero-order chi connectivity index (χ0) is 34.6. The lowest BCUT2D eigenvalue weighted by Gasteiger charge is -2.14. The van der Waals surface area contributed by atoms with Crippen molar-refractivity contribution in [1.29, 1.82) is 0 Å². The summed E-state index contributed by atoms with van der Waals surface area (Å²) in [6.07, 6.45) is 3.16. The number of nitrogens with zero attached hydrogens (tertiary/aromatic N) is 3. The lowest BCUT2D eigenvalue weighted by molar-refractivity contribution is -0.147. The smallest absolute Gasteiger partial charge is 0.358 e. The average Bonchev–Trinajstić information content (AvgIpc) is 3.38. The van der Waals surface area contributed by atoms with E-state index in [0.717, 1.165) is 11.3 Å². The summed E-state index contributed by atoms with van der Waals surface area (Å²) in [4.78, 5) is 42.3. The molecule has 6 rings (SSSR count). The van der Waals surface area contributed by atoms with Crippen molar-refractivity contribution in [2.75, 3.05) is 13.7 Å². The zero-order valence-electron chi connectivity index (χ0n) is 26.8. The van der Waals surface area contributed by atoms with Crippen LogP contribution in [-0.4, -0.2) is 46.0 Å². The van der Waals surface area contributed by atoms with Crippen LogP contribution in [0.4, 0.5) is 4.39 Å². The van der Waals surface area contributed by atoms with E-state index in [9.17, 15) is 18.8 Å². The van der Waals surface area contributed by atoms with Crippen LogP contribution >= 0.6 is 23.2 Å². The molecule has 1 aromatic heterocycles. The zero-order valence-corrected chi connectivity index (χ0v) is 28.3. The van der Waals surface area contributed by atoms with Gasteiger partial charge in [-0.15, -0.1) is 0 Å². The molecule has 0 saturated heterocycles. The predicted molar refractivity (Wildman–Crippen MR) is 179 cm³/mol. The Morgan fingerprint density at radius 3 is 2.46 bits per heavy atom. The van der Waals surface area contributed by atoms with E-state index in [1.807, 2.05) is 68.4 Å². The first-order chi connectivity index (χ1) is 22.9. The fraction of sp³-hybridized carbons (Fsp3) is 0.278. The third-order valence-electron chi connectivity index (χ3n) is 8.25. The normalized spacial score (nSPS) is 17.1. The Balaban J connectivity index is 0.000000190. The Hall–Kier alpha value is -4.67. The minimum atomic E-state index is -0.539. The number of benzene rings is 3. The molecule has 3 aromatic carbocycles. The fourth-order valence-corrected chi connectivity index (χ4v) is 5.91. The highest BCUT2D eigenvalue weighted by molar-refractivity contribution is 6.55. The van der Waals surface area contributed by atoms with Crippen LogP contribution in [0.1, 0.15) is 52.9 Å². The van der Waals surface area contributed by atoms with Crippen molar-refractivity contribution in [1.82, 2.24) is 14.5 Å². The molecule has 0 radical (unpaired) electrons. The first-order valence-electron chi connectivity index (χ1n) is 15.2. The molecule has 0 bridgehead atoms. The topological polar surface area (TPSA) is 100.0 Å². The monoisotopic (exact) mass is 693 g/mol. The maximum Gasteiger partial charge on any atom is 0.358 e. The molecule has 2 unspecified atom stereocenters. The van der Waals surface area contributed by atoms with E-state index in [1.54, 1.807) is 24.6 Å². The molecule has 4 aromatic rings. The summed E-state index contributed by atoms with van der Waals surface area (Å²) >= 11 is 11.5. The van der Waals surface area contributed by atoms with E-state index in [4.69, 9.17) is 37.4 Å². The van der Waals surface area contributed by atoms with E-state index in [2.05, 4.69) is 4.98 Å². The molecule has 12 heteroatoms. The summed E-state index contributed by atoms with van der Waals surface area (Å²) in [5.41, 5.74) is 2.11. The van der Waals surface area contributed by atoms with Crippen LogP contribution in [-0.2, 0) is 27.4 Å². The molecule has 9 nitrogen and oxygen atoms in total. The molecular formula is C36H34Cl2FN3O6. The number of amides is 1. The van der Waals surface area contributed by atoms with E-state index >= 15 is 0 Å². The van der Waals surface area contributed by atoms with Gasteiger partial charge in [-0.1, -0.05) is 67.4 Å². The van der Waals surface area contributed by atoms with Gasteiger partial charge in [0.1, 0.15) is 34.7 Å². The molecule has 2 atom stereocenters. The van der Waals surface area contributed by atoms with Gasteiger partial charge < -0.3 is 19.1 Å². The average molecular weight is 695 g/mol. The minimum absolute atomic E-state index is 0.00717. The summed E-state index contributed by atoms with van der Waals surface area (Å²) in [7, 11) is 1.59. The van der Waals surface area contributed by atoms with Crippen molar-refractivity contribution in [3.63, 3.8) is 0 Å². The Morgan fingerprint density at radius 2 is 1.75 bits per heavy atom. The Morgan fingerprint density at radius 1 is 1.02 bits per heavy atom. The van der Waals surface area contributed by atoms with Crippen molar-refractivity contribution in [2.24, 2.45) is 17.3 Å². The predicted octanol–water partition coefficient (Wildman–Crippen LogP) is 7.89. The van der Waals surface area contributed by atoms with Gasteiger partial charge in [0, 0.05) is 7.05 Å². The molecule has 0 N–H and O–H groups in total. The first-order valence-corrected chi connectivity index (χ1v) is 16.0. The number of carbonyl (C=O) groups is 3. The lowest BCUT2D eigenvalue weighted by atomic mass is 10.1. The number of carbonyl (C=O) groups excluding carboxylic acids is 3. The number of halogens is 3. The van der Waals surface area contributed by atoms with Gasteiger partial charge in [-0.25, -0.2) is 14.2 Å². The summed E-state index contributed by atoms with van der Waals surface area (Å²) in [5.74, 6) is -0.336. The standard InChI is InChI=1S/C21H20Cl2O3.C15H14FN3O3/c1-21(2)17(12-18(22)23)19(21)20(24)25-13-14-7-6-10-16(11-14)26-15-8-4-3-5-9-15;1-3-22-15(21)13-12-7-18(2)14(20)10-6-9(16)4-5-11(10)19(12)8-17-13/h3-12,17,19H,13H2,1-2H3;4-6,8H,3,7H2,1-2H3. The Kier molecular flexibility index (Phi) is 10.6. The number of hydrogen-bond donors (Lipinski definition) is 0. The molecule has 1 aliphatic heterocycles. The van der Waals surface area contributed by atoms with Crippen LogP contribution in [0.15, 0.2) is 89.7 Å². The van der Waals surface area contributed by atoms with Crippen molar-refractivity contribution >= 4 is 41.0 Å². The van der Waals surface area contributed by atoms with Gasteiger partial charge in [0.05, 0.1) is 36.0 Å². The second kappa shape index (κ2) is 14.6. The van der Waals surface area contributed by atoms with Crippen LogP contribution in [0.3, 0.4) is 0 Å². The third kappa shape index (κ3) is 7.72. The number of fused-ring (bicyclic) bond motifs is 3. The van der Waals surface area contributed by atoms with E-state index in [-0.39, 0.29) is 64.6 Å². The Bertz CT molecular complexity index is 1860. The molecule has 2 heterocycles. The number of aromatic nitrogens is 2. The number of esters is 2. The molecule has 2 aliphatic rings. The van der Waals surface area contributed by atoms with Gasteiger partial charge in [-0.3, -0.25) is 14.2 Å². The van der Waals surface area contributed by atoms with Crippen molar-refractivity contribution in [2.45, 2.75) is 33.9 Å². The highest BCUT2D eigenvalue weighted by Gasteiger charge is 2.61. The van der Waals surface area contributed by atoms with Gasteiger partial charge in [0.15, 0.2) is 5.69 Å². The first kappa shape index (κ1) is 34.7. The molecule has 1 aliphatic carbocycles. The molecule has 1 amide bonds. The van der Waals surface area contributed by atoms with E-state index in [1.165, 1.54) is 29.4 Å². The molecule has 0 spiro atoms. The summed E-state index contributed by atoms with van der Waals surface area (Å²) in [6.45, 7) is 6.34. The van der Waals surface area contributed by atoms with Gasteiger partial charge in [-0.2, -0.15) is 0 Å². The third-order valence-corrected chi connectivity index (χ3v) is 8.50. The molecular weight excluding hydrogens is 660 g/mol. The number of imidazole rings is 1. The molecule has 1 saturated carbocycles. The highest BCUT2D eigenvalue weighted by atomic mass is 35.5. The van der Waals surface area contributed by atoms with Crippen LogP contribution < -0.4 is 4.74 Å². The molecule has 48 heavy (non-hydrogen) atoms. The molecule has 1 fully saturated rings. The maximum atomic E-state index is 13.5. The number of hydrogen-bond acceptors (Lipinski definition) is 7. The minimum Gasteiger partial charge on any atom is -0.461 e. The quantitative estimate of drug-likeness (QED) is 0.173. The van der Waals surface area contributed by atoms with Crippen molar-refractivity contribution in [3.05, 3.63) is 118 Å². The van der Waals surface area contributed by atoms with Crippen LogP contribution in [0.25, 0.3) is 5.69 Å². The lowest BCUT2D eigenvalue weighted by Crippen LogP contribution is -2.26. The summed E-state index contributed by atoms with van der Waals surface area (Å²) in [6, 6.07) is 21.0. The molecule has 250 valence electrons. The van der Waals surface area contributed by atoms with Gasteiger partial charge in [0.2, 0.25) is 0 Å². The van der Waals surface area contributed by atoms with Crippen LogP contribution in [0.5, 0.6) is 11.5 Å². The van der Waals surface area contributed by atoms with E-state index in [0.29, 0.717) is 17.1 Å². The summed E-state index contributed by atoms with van der Waals surface area (Å²) in [5, 5.41) is 0. The van der Waals surface area contributed by atoms with Gasteiger partial charge in [-0.05, 0) is 72.4 Å².